The van der Waals surface area contributed by atoms with Crippen LogP contribution in [0.2, 0.25) is 0 Å². The van der Waals surface area contributed by atoms with E-state index in [4.69, 9.17) is 0 Å². The predicted octanol–water partition coefficient (Wildman–Crippen LogP) is 3.32. The number of amides is 2. The van der Waals surface area contributed by atoms with Crippen LogP contribution in [0.25, 0.3) is 0 Å². The third kappa shape index (κ3) is 6.20. The first-order chi connectivity index (χ1) is 19.2. The highest BCUT2D eigenvalue weighted by Gasteiger charge is 2.54. The van der Waals surface area contributed by atoms with Crippen molar-refractivity contribution >= 4 is 21.7 Å². The van der Waals surface area contributed by atoms with E-state index >= 15 is 0 Å². The van der Waals surface area contributed by atoms with Crippen molar-refractivity contribution in [1.29, 1.82) is 0 Å². The molecule has 3 unspecified atom stereocenters. The number of carbonyl (C=O) groups is 2. The number of halogens is 3. The highest BCUT2D eigenvalue weighted by Crippen LogP contribution is 2.41. The minimum atomic E-state index is -4.69. The summed E-state index contributed by atoms with van der Waals surface area (Å²) in [6.07, 6.45) is -2.09. The summed E-state index contributed by atoms with van der Waals surface area (Å²) in [7, 11) is -1.91. The fourth-order valence-corrected chi connectivity index (χ4v) is 8.21. The molecule has 1 saturated carbocycles. The first-order valence-electron chi connectivity index (χ1n) is 13.8. The second kappa shape index (κ2) is 11.8. The molecule has 1 saturated heterocycles. The summed E-state index contributed by atoms with van der Waals surface area (Å²) < 4.78 is 66.9. The molecule has 2 aromatic rings. The Morgan fingerprint density at radius 2 is 1.80 bits per heavy atom. The molecule has 1 aliphatic carbocycles. The monoisotopic (exact) mass is 595 g/mol. The van der Waals surface area contributed by atoms with Gasteiger partial charge in [-0.25, -0.2) is 13.2 Å². The van der Waals surface area contributed by atoms with Crippen molar-refractivity contribution in [3.05, 3.63) is 70.9 Å². The number of quaternary nitrogens is 1. The van der Waals surface area contributed by atoms with Crippen LogP contribution < -0.4 is 5.06 Å². The molecule has 1 heterocycles. The van der Waals surface area contributed by atoms with Crippen LogP contribution in [0, 0.1) is 5.21 Å². The molecular formula is C29H36F3N3O5S. The topological polar surface area (TPSA) is 102 Å². The highest BCUT2D eigenvalue weighted by atomic mass is 32.2. The Kier molecular flexibility index (Phi) is 8.98. The van der Waals surface area contributed by atoms with Gasteiger partial charge in [0.25, 0.3) is 5.91 Å². The molecule has 2 fully saturated rings. The average Bonchev–Trinajstić information content (AvgIpc) is 3.32. The molecule has 0 aromatic heterocycles. The van der Waals surface area contributed by atoms with Gasteiger partial charge in [-0.3, -0.25) is 14.8 Å². The first-order valence-corrected chi connectivity index (χ1v) is 15.4. The van der Waals surface area contributed by atoms with Crippen LogP contribution in [0.15, 0.2) is 59.5 Å². The number of carbonyl (C=O) groups excluding carboxylic acids is 2. The largest absolute Gasteiger partial charge is 0.626 e. The van der Waals surface area contributed by atoms with Gasteiger partial charge < -0.3 is 10.1 Å². The fraction of sp³-hybridized carbons (Fsp3) is 0.517. The lowest BCUT2D eigenvalue weighted by Gasteiger charge is -2.54. The number of alkyl halides is 3. The lowest BCUT2D eigenvalue weighted by molar-refractivity contribution is -0.776. The second-order valence-electron chi connectivity index (χ2n) is 11.3. The molecule has 4 atom stereocenters. The number of hydrogen-bond donors (Lipinski definition) is 1. The maximum absolute atomic E-state index is 13.7. The van der Waals surface area contributed by atoms with E-state index in [1.165, 1.54) is 0 Å². The van der Waals surface area contributed by atoms with Gasteiger partial charge in [0.2, 0.25) is 0 Å². The summed E-state index contributed by atoms with van der Waals surface area (Å²) >= 11 is 0. The Labute approximate surface area is 238 Å². The molecule has 41 heavy (non-hydrogen) atoms. The van der Waals surface area contributed by atoms with Crippen molar-refractivity contribution in [2.75, 3.05) is 19.3 Å². The third-order valence-corrected chi connectivity index (χ3v) is 10.5. The Morgan fingerprint density at radius 1 is 1.12 bits per heavy atom. The molecule has 224 valence electrons. The van der Waals surface area contributed by atoms with Crippen LogP contribution in [0.3, 0.4) is 0 Å². The summed E-state index contributed by atoms with van der Waals surface area (Å²) in [6, 6.07) is 9.84. The molecule has 1 aliphatic heterocycles. The van der Waals surface area contributed by atoms with Crippen molar-refractivity contribution in [2.45, 2.75) is 80.7 Å². The third-order valence-electron chi connectivity index (χ3n) is 8.59. The number of hydrogen-bond acceptors (Lipinski definition) is 6. The summed E-state index contributed by atoms with van der Waals surface area (Å²) in [5.74, 6) is -1.95. The number of hydroxylamine groups is 2. The molecule has 2 amide bonds. The molecule has 0 bridgehead atoms. The average molecular weight is 596 g/mol. The Morgan fingerprint density at radius 3 is 2.44 bits per heavy atom. The van der Waals surface area contributed by atoms with Crippen molar-refractivity contribution in [3.8, 4) is 0 Å². The van der Waals surface area contributed by atoms with E-state index in [2.05, 4.69) is 0 Å². The fourth-order valence-electron chi connectivity index (χ4n) is 6.28. The minimum absolute atomic E-state index is 0.0335. The Hall–Kier alpha value is -2.80. The predicted molar refractivity (Wildman–Crippen MR) is 147 cm³/mol. The van der Waals surface area contributed by atoms with Gasteiger partial charge in [0, 0.05) is 19.0 Å². The number of nitrogens with zero attached hydrogens (tertiary/aromatic N) is 2. The maximum atomic E-state index is 13.7. The van der Waals surface area contributed by atoms with E-state index in [1.54, 1.807) is 35.2 Å². The Balaban J connectivity index is 1.64. The number of rotatable bonds is 8. The molecule has 8 nitrogen and oxygen atoms in total. The summed E-state index contributed by atoms with van der Waals surface area (Å²) in [5.41, 5.74) is -2.42. The van der Waals surface area contributed by atoms with Crippen molar-refractivity contribution < 1.29 is 36.2 Å². The zero-order valence-electron chi connectivity index (χ0n) is 23.4. The first kappa shape index (κ1) is 31.1. The zero-order valence-corrected chi connectivity index (χ0v) is 24.2. The van der Waals surface area contributed by atoms with E-state index in [1.807, 2.05) is 25.8 Å². The number of benzene rings is 2. The van der Waals surface area contributed by atoms with Crippen molar-refractivity contribution in [2.24, 2.45) is 0 Å². The SMILES string of the molecule is CC(C)N(C)[C@]1(CS(=O)(=O)c2ccccc2)CCCCC1N1CCC([NH+]([O-])C(=O)c2cccc(C(F)(F)F)c2)C1=O. The van der Waals surface area contributed by atoms with E-state index in [0.29, 0.717) is 18.9 Å². The molecule has 0 radical (unpaired) electrons. The van der Waals surface area contributed by atoms with Gasteiger partial charge in [-0.2, -0.15) is 13.2 Å². The van der Waals surface area contributed by atoms with E-state index < -0.39 is 61.6 Å². The molecule has 2 aromatic carbocycles. The molecule has 12 heteroatoms. The number of likely N-dealkylation sites (N-methyl/N-ethyl adjacent to an activating group) is 1. The van der Waals surface area contributed by atoms with Crippen LogP contribution >= 0.6 is 0 Å². The van der Waals surface area contributed by atoms with Crippen molar-refractivity contribution in [1.82, 2.24) is 9.80 Å². The molecule has 1 N–H and O–H groups in total. The minimum Gasteiger partial charge on any atom is -0.626 e. The lowest BCUT2D eigenvalue weighted by atomic mass is 9.76. The molecule has 0 spiro atoms. The van der Waals surface area contributed by atoms with Crippen LogP contribution in [-0.4, -0.2) is 73.0 Å². The Bertz CT molecular complexity index is 1370. The van der Waals surface area contributed by atoms with Gasteiger partial charge in [-0.05, 0) is 64.1 Å². The zero-order chi connectivity index (χ0) is 30.2. The standard InChI is InChI=1S/C29H36F3N3O5S/c1-20(2)33(3)28(19-41(39,40)23-12-5-4-6-13-23)16-8-7-14-25(28)34-17-15-24(27(34)37)35(38)26(36)21-10-9-11-22(18-21)29(30,31)32/h4-6,9-13,18,20,24-25,35H,7-8,14-17,19H2,1-3H3/t24?,25?,28-/m0/s1. The second-order valence-corrected chi connectivity index (χ2v) is 13.3. The van der Waals surface area contributed by atoms with Crippen LogP contribution in [0.5, 0.6) is 0 Å². The number of sulfone groups is 1. The van der Waals surface area contributed by atoms with Gasteiger partial charge in [-0.1, -0.05) is 37.1 Å². The normalized spacial score (nSPS) is 24.7. The summed E-state index contributed by atoms with van der Waals surface area (Å²) in [4.78, 5) is 30.4. The van der Waals surface area contributed by atoms with Crippen molar-refractivity contribution in [3.63, 3.8) is 0 Å². The van der Waals surface area contributed by atoms with E-state index in [-0.39, 0.29) is 29.7 Å². The lowest BCUT2D eigenvalue weighted by Crippen LogP contribution is -3.14. The van der Waals surface area contributed by atoms with Gasteiger partial charge in [0.15, 0.2) is 15.9 Å². The summed E-state index contributed by atoms with van der Waals surface area (Å²) in [6.45, 7) is 4.05. The van der Waals surface area contributed by atoms with Gasteiger partial charge in [-0.15, -0.1) is 0 Å². The van der Waals surface area contributed by atoms with E-state index in [9.17, 15) is 36.4 Å². The van der Waals surface area contributed by atoms with Gasteiger partial charge in [0.05, 0.1) is 33.4 Å². The van der Waals surface area contributed by atoms with E-state index in [0.717, 1.165) is 31.0 Å². The summed E-state index contributed by atoms with van der Waals surface area (Å²) in [5, 5.41) is 12.1. The number of nitrogens with one attached hydrogen (secondary N) is 1. The molecular weight excluding hydrogens is 559 g/mol. The molecule has 2 aliphatic rings. The van der Waals surface area contributed by atoms with Gasteiger partial charge in [0.1, 0.15) is 0 Å². The van der Waals surface area contributed by atoms with Crippen LogP contribution in [0.4, 0.5) is 13.2 Å². The quantitative estimate of drug-likeness (QED) is 0.470. The highest BCUT2D eigenvalue weighted by molar-refractivity contribution is 7.91. The number of likely N-dealkylation sites (tertiary alicyclic amines) is 1. The van der Waals surface area contributed by atoms with Crippen LogP contribution in [0.1, 0.15) is 61.9 Å². The van der Waals surface area contributed by atoms with Crippen LogP contribution in [-0.2, 0) is 20.8 Å². The maximum Gasteiger partial charge on any atom is 0.416 e. The molecule has 4 rings (SSSR count). The van der Waals surface area contributed by atoms with Gasteiger partial charge >= 0.3 is 12.1 Å². The smallest absolute Gasteiger partial charge is 0.416 e.